The standard InChI is InChI=1S/C24H22ClN/c25-21-13-7-12-20-22-18(16-8-3-1-4-9-16)14-15-19(24(22)26-23(20)21)17-10-5-2-6-11-17/h1-13,18-19,22,24,26H,14-15H2. The first kappa shape index (κ1) is 16.0. The van der Waals surface area contributed by atoms with E-state index in [2.05, 4.69) is 78.1 Å². The van der Waals surface area contributed by atoms with Gasteiger partial charge in [-0.3, -0.25) is 0 Å². The lowest BCUT2D eigenvalue weighted by molar-refractivity contribution is 0.329. The second kappa shape index (κ2) is 6.48. The van der Waals surface area contributed by atoms with Gasteiger partial charge in [0.2, 0.25) is 0 Å². The van der Waals surface area contributed by atoms with Gasteiger partial charge in [0, 0.05) is 17.9 Å². The first-order valence-electron chi connectivity index (χ1n) is 9.48. The Morgan fingerprint density at radius 1 is 0.692 bits per heavy atom. The molecule has 1 heterocycles. The van der Waals surface area contributed by atoms with Crippen molar-refractivity contribution < 1.29 is 0 Å². The van der Waals surface area contributed by atoms with E-state index in [-0.39, 0.29) is 0 Å². The molecule has 1 N–H and O–H groups in total. The molecule has 4 atom stereocenters. The van der Waals surface area contributed by atoms with Crippen LogP contribution in [0.1, 0.15) is 47.3 Å². The molecule has 3 aromatic carbocycles. The minimum absolute atomic E-state index is 0.395. The Hall–Kier alpha value is -2.25. The average molecular weight is 360 g/mol. The molecule has 2 heteroatoms. The zero-order valence-corrected chi connectivity index (χ0v) is 15.4. The minimum Gasteiger partial charge on any atom is -0.380 e. The Bertz CT molecular complexity index is 906. The average Bonchev–Trinajstić information content (AvgIpc) is 3.10. The zero-order valence-electron chi connectivity index (χ0n) is 14.6. The lowest BCUT2D eigenvalue weighted by Crippen LogP contribution is -2.36. The summed E-state index contributed by atoms with van der Waals surface area (Å²) in [5.74, 6) is 1.52. The van der Waals surface area contributed by atoms with Gasteiger partial charge in [-0.2, -0.15) is 0 Å². The highest BCUT2D eigenvalue weighted by Crippen LogP contribution is 2.56. The molecule has 130 valence electrons. The monoisotopic (exact) mass is 359 g/mol. The summed E-state index contributed by atoms with van der Waals surface area (Å²) < 4.78 is 0. The highest BCUT2D eigenvalue weighted by Gasteiger charge is 2.46. The molecule has 0 aromatic heterocycles. The molecule has 26 heavy (non-hydrogen) atoms. The van der Waals surface area contributed by atoms with Crippen molar-refractivity contribution in [2.24, 2.45) is 0 Å². The van der Waals surface area contributed by atoms with Gasteiger partial charge in [0.25, 0.3) is 0 Å². The van der Waals surface area contributed by atoms with Crippen molar-refractivity contribution >= 4 is 17.3 Å². The van der Waals surface area contributed by atoms with Gasteiger partial charge in [0.15, 0.2) is 0 Å². The van der Waals surface area contributed by atoms with Crippen molar-refractivity contribution in [3.63, 3.8) is 0 Å². The third-order valence-corrected chi connectivity index (χ3v) is 6.53. The molecule has 1 saturated carbocycles. The lowest BCUT2D eigenvalue weighted by atomic mass is 9.65. The van der Waals surface area contributed by atoms with Crippen molar-refractivity contribution in [2.75, 3.05) is 5.32 Å². The number of hydrogen-bond donors (Lipinski definition) is 1. The molecule has 1 nitrogen and oxygen atoms in total. The molecule has 1 fully saturated rings. The van der Waals surface area contributed by atoms with Crippen molar-refractivity contribution in [3.8, 4) is 0 Å². The Morgan fingerprint density at radius 2 is 1.31 bits per heavy atom. The van der Waals surface area contributed by atoms with Crippen LogP contribution >= 0.6 is 11.6 Å². The van der Waals surface area contributed by atoms with Gasteiger partial charge in [0.05, 0.1) is 10.7 Å². The van der Waals surface area contributed by atoms with Gasteiger partial charge >= 0.3 is 0 Å². The maximum atomic E-state index is 6.56. The number of nitrogens with one attached hydrogen (secondary N) is 1. The number of benzene rings is 3. The molecule has 0 amide bonds. The smallest absolute Gasteiger partial charge is 0.0640 e. The summed E-state index contributed by atoms with van der Waals surface area (Å²) >= 11 is 6.56. The van der Waals surface area contributed by atoms with E-state index in [9.17, 15) is 0 Å². The van der Waals surface area contributed by atoms with Crippen LogP contribution in [0.2, 0.25) is 5.02 Å². The molecule has 0 saturated heterocycles. The summed E-state index contributed by atoms with van der Waals surface area (Å²) in [7, 11) is 0. The Morgan fingerprint density at radius 3 is 2.00 bits per heavy atom. The number of rotatable bonds is 2. The molecule has 2 aliphatic rings. The van der Waals surface area contributed by atoms with Crippen LogP contribution in [0.3, 0.4) is 0 Å². The van der Waals surface area contributed by atoms with Crippen molar-refractivity contribution in [3.05, 3.63) is 101 Å². The second-order valence-electron chi connectivity index (χ2n) is 7.51. The fourth-order valence-electron chi connectivity index (χ4n) is 5.11. The number of para-hydroxylation sites is 1. The van der Waals surface area contributed by atoms with Gasteiger partial charge in [-0.25, -0.2) is 0 Å². The van der Waals surface area contributed by atoms with E-state index in [1.165, 1.54) is 29.5 Å². The lowest BCUT2D eigenvalue weighted by Gasteiger charge is -2.40. The third-order valence-electron chi connectivity index (χ3n) is 6.21. The molecule has 0 radical (unpaired) electrons. The summed E-state index contributed by atoms with van der Waals surface area (Å²) in [6.45, 7) is 0. The van der Waals surface area contributed by atoms with Crippen molar-refractivity contribution in [2.45, 2.75) is 36.6 Å². The Labute approximate surface area is 160 Å². The molecule has 1 aliphatic heterocycles. The zero-order chi connectivity index (χ0) is 17.5. The van der Waals surface area contributed by atoms with E-state index in [0.717, 1.165) is 10.7 Å². The molecule has 0 spiro atoms. The predicted octanol–water partition coefficient (Wildman–Crippen LogP) is 6.58. The Kier molecular flexibility index (Phi) is 3.98. The van der Waals surface area contributed by atoms with E-state index < -0.39 is 0 Å². The van der Waals surface area contributed by atoms with Gasteiger partial charge in [0.1, 0.15) is 0 Å². The van der Waals surface area contributed by atoms with Crippen molar-refractivity contribution in [1.29, 1.82) is 0 Å². The van der Waals surface area contributed by atoms with E-state index >= 15 is 0 Å². The maximum absolute atomic E-state index is 6.56. The Balaban J connectivity index is 1.61. The number of hydrogen-bond acceptors (Lipinski definition) is 1. The van der Waals surface area contributed by atoms with Crippen LogP contribution in [-0.2, 0) is 0 Å². The molecular weight excluding hydrogens is 338 g/mol. The molecule has 0 bridgehead atoms. The number of fused-ring (bicyclic) bond motifs is 3. The molecular formula is C24H22ClN. The topological polar surface area (TPSA) is 12.0 Å². The molecule has 1 aliphatic carbocycles. The first-order valence-corrected chi connectivity index (χ1v) is 9.85. The van der Waals surface area contributed by atoms with Crippen LogP contribution < -0.4 is 5.32 Å². The van der Waals surface area contributed by atoms with E-state index in [4.69, 9.17) is 11.6 Å². The summed E-state index contributed by atoms with van der Waals surface area (Å²) in [6.07, 6.45) is 2.40. The summed E-state index contributed by atoms with van der Waals surface area (Å²) in [6, 6.07) is 28.7. The van der Waals surface area contributed by atoms with E-state index in [1.807, 2.05) is 6.07 Å². The molecule has 4 unspecified atom stereocenters. The first-order chi connectivity index (χ1) is 12.8. The third kappa shape index (κ3) is 2.54. The van der Waals surface area contributed by atoms with Crippen LogP contribution in [0.4, 0.5) is 5.69 Å². The van der Waals surface area contributed by atoms with Crippen LogP contribution in [-0.4, -0.2) is 6.04 Å². The largest absolute Gasteiger partial charge is 0.380 e. The predicted molar refractivity (Wildman–Crippen MR) is 109 cm³/mol. The molecule has 5 rings (SSSR count). The van der Waals surface area contributed by atoms with Crippen LogP contribution in [0.5, 0.6) is 0 Å². The van der Waals surface area contributed by atoms with E-state index in [1.54, 1.807) is 0 Å². The van der Waals surface area contributed by atoms with Crippen LogP contribution in [0.25, 0.3) is 0 Å². The summed E-state index contributed by atoms with van der Waals surface area (Å²) in [5.41, 5.74) is 5.42. The van der Waals surface area contributed by atoms with Crippen molar-refractivity contribution in [1.82, 2.24) is 0 Å². The molecule has 3 aromatic rings. The van der Waals surface area contributed by atoms with Gasteiger partial charge in [-0.1, -0.05) is 84.4 Å². The van der Waals surface area contributed by atoms with Gasteiger partial charge in [-0.05, 0) is 41.5 Å². The van der Waals surface area contributed by atoms with E-state index in [0.29, 0.717) is 23.8 Å². The van der Waals surface area contributed by atoms with Gasteiger partial charge in [-0.15, -0.1) is 0 Å². The normalized spacial score (nSPS) is 26.7. The quantitative estimate of drug-likeness (QED) is 0.545. The second-order valence-corrected chi connectivity index (χ2v) is 7.92. The maximum Gasteiger partial charge on any atom is 0.0640 e. The van der Waals surface area contributed by atoms with Crippen LogP contribution in [0, 0.1) is 0 Å². The van der Waals surface area contributed by atoms with Crippen LogP contribution in [0.15, 0.2) is 78.9 Å². The fraction of sp³-hybridized carbons (Fsp3) is 0.250. The fourth-order valence-corrected chi connectivity index (χ4v) is 5.34. The number of halogens is 1. The summed E-state index contributed by atoms with van der Waals surface area (Å²) in [5, 5.41) is 4.66. The van der Waals surface area contributed by atoms with Gasteiger partial charge < -0.3 is 5.32 Å². The SMILES string of the molecule is Clc1cccc2c1NC1C(c3ccccc3)CCC(c3ccccc3)C21. The number of anilines is 1. The minimum atomic E-state index is 0.395. The highest BCUT2D eigenvalue weighted by atomic mass is 35.5. The summed E-state index contributed by atoms with van der Waals surface area (Å²) in [4.78, 5) is 0. The highest BCUT2D eigenvalue weighted by molar-refractivity contribution is 6.33.